The van der Waals surface area contributed by atoms with Gasteiger partial charge in [-0.05, 0) is 47.4 Å². The molecule has 1 aliphatic carbocycles. The minimum atomic E-state index is -1.76. The van der Waals surface area contributed by atoms with Crippen LogP contribution in [0.3, 0.4) is 0 Å². The quantitative estimate of drug-likeness (QED) is 0.107. The zero-order valence-electron chi connectivity index (χ0n) is 29.7. The molecule has 1 aromatic heterocycles. The summed E-state index contributed by atoms with van der Waals surface area (Å²) in [5, 5.41) is 30.3. The highest BCUT2D eigenvalue weighted by Crippen LogP contribution is 2.57. The molecule has 2 fully saturated rings. The Labute approximate surface area is 304 Å². The summed E-state index contributed by atoms with van der Waals surface area (Å²) in [7, 11) is 0. The highest BCUT2D eigenvalue weighted by molar-refractivity contribution is 5.94. The molecule has 1 aliphatic heterocycles. The van der Waals surface area contributed by atoms with Gasteiger partial charge in [0.15, 0.2) is 18.5 Å². The van der Waals surface area contributed by atoms with Gasteiger partial charge < -0.3 is 44.0 Å². The summed E-state index contributed by atoms with van der Waals surface area (Å²) < 4.78 is 35.3. The van der Waals surface area contributed by atoms with Crippen molar-refractivity contribution >= 4 is 29.8 Å². The molecule has 2 aromatic carbocycles. The number of hydrogen-bond donors (Lipinski definition) is 3. The Morgan fingerprint density at radius 1 is 0.868 bits per heavy atom. The summed E-state index contributed by atoms with van der Waals surface area (Å²) in [6, 6.07) is 12.3. The van der Waals surface area contributed by atoms with Gasteiger partial charge in [-0.2, -0.15) is 0 Å². The topological polar surface area (TPSA) is 224 Å². The van der Waals surface area contributed by atoms with Gasteiger partial charge in [0, 0.05) is 45.4 Å². The van der Waals surface area contributed by atoms with Gasteiger partial charge in [-0.3, -0.25) is 24.0 Å². The number of hydrogen-bond acceptors (Lipinski definition) is 15. The highest BCUT2D eigenvalue weighted by atomic mass is 16.8. The van der Waals surface area contributed by atoms with Crippen LogP contribution in [0.2, 0.25) is 0 Å². The van der Waals surface area contributed by atoms with E-state index in [4.69, 9.17) is 28.4 Å². The van der Waals surface area contributed by atoms with Crippen LogP contribution in [-0.2, 0) is 67.4 Å². The van der Waals surface area contributed by atoms with E-state index in [1.165, 1.54) is 13.8 Å². The number of nitrogens with one attached hydrogen (secondary N) is 1. The monoisotopic (exact) mass is 738 g/mol. The second-order valence-electron chi connectivity index (χ2n) is 12.7. The molecule has 0 bridgehead atoms. The Hall–Kier alpha value is -5.23. The number of fused-ring (bicyclic) bond motifs is 1. The molecule has 1 saturated heterocycles. The van der Waals surface area contributed by atoms with Crippen LogP contribution >= 0.6 is 0 Å². The molecule has 3 aromatic rings. The smallest absolute Gasteiger partial charge is 0.305 e. The Balaban J connectivity index is 1.14. The Bertz CT molecular complexity index is 1790. The van der Waals surface area contributed by atoms with Crippen LogP contribution in [0, 0.1) is 11.8 Å². The van der Waals surface area contributed by atoms with Crippen LogP contribution in [0.25, 0.3) is 11.3 Å². The van der Waals surface area contributed by atoms with Crippen molar-refractivity contribution < 1.29 is 62.6 Å². The SMILES string of the molecule is CC(=O)OCC1[C@@H](OC(C)=O)C(OC(C)=O)C2[C@H](OCCCNC(=O)c3ccc(Cn4cc(-c5cc(CO)cc(CO)c5)nn4)cc3)OC21OC(C)=O. The van der Waals surface area contributed by atoms with Crippen molar-refractivity contribution in [2.45, 2.75) is 78.2 Å². The van der Waals surface area contributed by atoms with E-state index in [9.17, 15) is 34.2 Å². The number of rotatable bonds is 16. The highest BCUT2D eigenvalue weighted by Gasteiger charge is 2.77. The van der Waals surface area contributed by atoms with E-state index in [1.807, 2.05) is 0 Å². The number of benzene rings is 2. The van der Waals surface area contributed by atoms with Crippen molar-refractivity contribution in [2.24, 2.45) is 11.8 Å². The zero-order valence-corrected chi connectivity index (χ0v) is 29.7. The lowest BCUT2D eigenvalue weighted by molar-refractivity contribution is -0.437. The van der Waals surface area contributed by atoms with Crippen molar-refractivity contribution in [2.75, 3.05) is 19.8 Å². The molecule has 5 rings (SSSR count). The zero-order chi connectivity index (χ0) is 38.3. The molecule has 3 N–H and O–H groups in total. The fraction of sp³-hybridized carbons (Fsp3) is 0.472. The number of aliphatic hydroxyl groups is 2. The van der Waals surface area contributed by atoms with Gasteiger partial charge in [0.2, 0.25) is 5.79 Å². The van der Waals surface area contributed by atoms with Gasteiger partial charge >= 0.3 is 23.9 Å². The van der Waals surface area contributed by atoms with Gasteiger partial charge in [0.25, 0.3) is 5.91 Å². The Morgan fingerprint density at radius 3 is 2.13 bits per heavy atom. The van der Waals surface area contributed by atoms with Crippen LogP contribution in [0.15, 0.2) is 48.7 Å². The lowest BCUT2D eigenvalue weighted by Gasteiger charge is -2.51. The third-order valence-corrected chi connectivity index (χ3v) is 8.72. The minimum absolute atomic E-state index is 0.0850. The summed E-state index contributed by atoms with van der Waals surface area (Å²) in [5.41, 5.74) is 3.94. The first kappa shape index (κ1) is 39.0. The number of ether oxygens (including phenoxy) is 6. The van der Waals surface area contributed by atoms with Crippen LogP contribution in [0.5, 0.6) is 0 Å². The second-order valence-corrected chi connectivity index (χ2v) is 12.7. The third-order valence-electron chi connectivity index (χ3n) is 8.72. The molecular weight excluding hydrogens is 696 g/mol. The fourth-order valence-corrected chi connectivity index (χ4v) is 6.58. The van der Waals surface area contributed by atoms with Crippen LogP contribution < -0.4 is 5.32 Å². The fourth-order valence-electron chi connectivity index (χ4n) is 6.58. The lowest BCUT2D eigenvalue weighted by Crippen LogP contribution is -2.66. The number of aromatic nitrogens is 3. The van der Waals surface area contributed by atoms with Crippen molar-refractivity contribution in [1.29, 1.82) is 0 Å². The van der Waals surface area contributed by atoms with Gasteiger partial charge in [0.05, 0.1) is 32.6 Å². The molecule has 1 amide bonds. The van der Waals surface area contributed by atoms with E-state index in [2.05, 4.69) is 15.6 Å². The van der Waals surface area contributed by atoms with E-state index in [-0.39, 0.29) is 38.9 Å². The first-order valence-corrected chi connectivity index (χ1v) is 16.9. The molecule has 4 unspecified atom stereocenters. The molecule has 6 atom stereocenters. The average Bonchev–Trinajstić information content (AvgIpc) is 3.63. The van der Waals surface area contributed by atoms with Crippen LogP contribution in [0.4, 0.5) is 0 Å². The first-order valence-electron chi connectivity index (χ1n) is 16.9. The summed E-state index contributed by atoms with van der Waals surface area (Å²) in [6.07, 6.45) is -1.26. The average molecular weight is 739 g/mol. The molecule has 53 heavy (non-hydrogen) atoms. The van der Waals surface area contributed by atoms with Crippen LogP contribution in [-0.4, -0.2) is 99.0 Å². The summed E-state index contributed by atoms with van der Waals surface area (Å²) in [4.78, 5) is 60.8. The summed E-state index contributed by atoms with van der Waals surface area (Å²) >= 11 is 0. The summed E-state index contributed by atoms with van der Waals surface area (Å²) in [6.45, 7) is 4.70. The minimum Gasteiger partial charge on any atom is -0.465 e. The number of nitrogens with zero attached hydrogens (tertiary/aromatic N) is 3. The molecule has 17 heteroatoms. The maximum atomic E-state index is 12.8. The second kappa shape index (κ2) is 17.1. The van der Waals surface area contributed by atoms with Crippen LogP contribution in [0.1, 0.15) is 61.2 Å². The predicted octanol–water partition coefficient (Wildman–Crippen LogP) is 1.40. The molecule has 0 spiro atoms. The number of carbonyl (C=O) groups is 5. The molecule has 284 valence electrons. The summed E-state index contributed by atoms with van der Waals surface area (Å²) in [5.74, 6) is -6.77. The first-order chi connectivity index (χ1) is 25.3. The standard InChI is InChI=1S/C36H42N4O13/c1-20(43)49-19-29-32(50-21(2)44)33(51-22(3)45)31-35(53-36(29,31)52-23(4)46)48-11-5-10-37-34(47)27-8-6-24(7-9-27)15-40-16-30(38-39-40)28-13-25(17-41)12-26(14-28)18-42/h6-9,12-14,16,29,31-33,35,41-42H,5,10-11,15,17-19H2,1-4H3,(H,37,47)/t29?,31?,32-,33?,35-,36?/m1/s1. The van der Waals surface area contributed by atoms with E-state index in [1.54, 1.807) is 53.3 Å². The predicted molar refractivity (Wildman–Crippen MR) is 180 cm³/mol. The van der Waals surface area contributed by atoms with E-state index in [0.29, 0.717) is 35.3 Å². The molecule has 1 saturated carbocycles. The maximum Gasteiger partial charge on any atom is 0.305 e. The Morgan fingerprint density at radius 2 is 1.53 bits per heavy atom. The molecule has 2 heterocycles. The Kier molecular flexibility index (Phi) is 12.6. The normalized spacial score (nSPS) is 22.9. The number of amides is 1. The van der Waals surface area contributed by atoms with Gasteiger partial charge in [-0.1, -0.05) is 23.4 Å². The molecule has 2 aliphatic rings. The maximum absolute atomic E-state index is 12.8. The number of esters is 4. The van der Waals surface area contributed by atoms with Crippen molar-refractivity contribution in [3.05, 3.63) is 70.9 Å². The lowest BCUT2D eigenvalue weighted by atomic mass is 9.88. The molecule has 17 nitrogen and oxygen atoms in total. The number of carbonyl (C=O) groups excluding carboxylic acids is 5. The van der Waals surface area contributed by atoms with Crippen molar-refractivity contribution in [3.8, 4) is 11.3 Å². The largest absolute Gasteiger partial charge is 0.465 e. The van der Waals surface area contributed by atoms with Crippen molar-refractivity contribution in [3.63, 3.8) is 0 Å². The van der Waals surface area contributed by atoms with Gasteiger partial charge in [0.1, 0.15) is 24.1 Å². The molecular formula is C36H42N4O13. The van der Waals surface area contributed by atoms with Gasteiger partial charge in [-0.25, -0.2) is 4.68 Å². The van der Waals surface area contributed by atoms with Crippen molar-refractivity contribution in [1.82, 2.24) is 20.3 Å². The molecule has 0 radical (unpaired) electrons. The number of aliphatic hydroxyl groups excluding tert-OH is 2. The van der Waals surface area contributed by atoms with E-state index >= 15 is 0 Å². The van der Waals surface area contributed by atoms with E-state index in [0.717, 1.165) is 25.0 Å². The van der Waals surface area contributed by atoms with Gasteiger partial charge in [-0.15, -0.1) is 5.10 Å². The van der Waals surface area contributed by atoms with E-state index < -0.39 is 60.0 Å². The third kappa shape index (κ3) is 9.23.